The van der Waals surface area contributed by atoms with Crippen molar-refractivity contribution in [3.8, 4) is 0 Å². The topological polar surface area (TPSA) is 59.0 Å². The molecule has 0 spiro atoms. The van der Waals surface area contributed by atoms with Gasteiger partial charge in [0.25, 0.3) is 0 Å². The molecule has 0 bridgehead atoms. The molecule has 378 valence electrons. The molecule has 0 amide bonds. The van der Waals surface area contributed by atoms with Crippen molar-refractivity contribution in [1.29, 1.82) is 0 Å². The van der Waals surface area contributed by atoms with Crippen molar-refractivity contribution >= 4 is 127 Å². The molecule has 15 rings (SSSR count). The highest BCUT2D eigenvalue weighted by atomic mass is 16.4. The number of rotatable bonds is 6. The predicted octanol–water partition coefficient (Wildman–Crippen LogP) is 20.8. The maximum atomic E-state index is 7.00. The fraction of sp³-hybridized carbons (Fsp3) is 0.167. The molecular weight excluding hydrogens is 957 g/mol. The van der Waals surface area contributed by atoms with Crippen LogP contribution in [-0.2, 0) is 17.3 Å². The van der Waals surface area contributed by atoms with E-state index >= 15 is 0 Å². The Bertz CT molecular complexity index is 4940. The van der Waals surface area contributed by atoms with Gasteiger partial charge in [-0.15, -0.1) is 0 Å². The van der Waals surface area contributed by atoms with Crippen molar-refractivity contribution in [3.05, 3.63) is 220 Å². The third-order valence-corrected chi connectivity index (χ3v) is 16.5. The van der Waals surface area contributed by atoms with Crippen LogP contribution in [0.3, 0.4) is 0 Å². The molecule has 0 N–H and O–H groups in total. The summed E-state index contributed by atoms with van der Waals surface area (Å²) in [6, 6.07) is 54.8. The van der Waals surface area contributed by atoms with Crippen LogP contribution in [0.4, 0.5) is 22.7 Å². The number of benzene rings is 9. The van der Waals surface area contributed by atoms with E-state index in [2.05, 4.69) is 240 Å². The number of allylic oxidation sites excluding steroid dienone is 4. The maximum Gasteiger partial charge on any atom is 0.178 e. The van der Waals surface area contributed by atoms with Crippen molar-refractivity contribution in [1.82, 2.24) is 0 Å². The fourth-order valence-electron chi connectivity index (χ4n) is 12.6. The molecule has 9 aromatic carbocycles. The summed E-state index contributed by atoms with van der Waals surface area (Å²) in [7, 11) is 0. The molecule has 13 aromatic rings. The molecular formula is C72H56N2O4. The quantitative estimate of drug-likeness (QED) is 0.155. The molecule has 0 aliphatic heterocycles. The van der Waals surface area contributed by atoms with Gasteiger partial charge in [0.2, 0.25) is 0 Å². The molecule has 0 saturated carbocycles. The Hall–Kier alpha value is -9.18. The highest BCUT2D eigenvalue weighted by Crippen LogP contribution is 2.48. The van der Waals surface area contributed by atoms with Gasteiger partial charge in [-0.2, -0.15) is 0 Å². The third-order valence-electron chi connectivity index (χ3n) is 16.5. The van der Waals surface area contributed by atoms with Crippen LogP contribution in [-0.4, -0.2) is 0 Å². The number of hydrogen-bond acceptors (Lipinski definition) is 6. The van der Waals surface area contributed by atoms with Gasteiger partial charge in [0.05, 0.1) is 17.1 Å². The molecule has 4 aromatic heterocycles. The second-order valence-corrected chi connectivity index (χ2v) is 23.5. The van der Waals surface area contributed by atoms with Gasteiger partial charge in [0.15, 0.2) is 22.3 Å². The summed E-state index contributed by atoms with van der Waals surface area (Å²) in [5.41, 5.74) is 26.4. The van der Waals surface area contributed by atoms with Gasteiger partial charge in [-0.3, -0.25) is 0 Å². The number of furan rings is 4. The smallest absolute Gasteiger partial charge is 0.178 e. The maximum absolute atomic E-state index is 7.00. The first-order valence-electron chi connectivity index (χ1n) is 27.2. The Balaban J connectivity index is 0.842. The van der Waals surface area contributed by atoms with E-state index in [4.69, 9.17) is 17.7 Å². The van der Waals surface area contributed by atoms with Gasteiger partial charge in [-0.25, -0.2) is 0 Å². The van der Waals surface area contributed by atoms with E-state index in [9.17, 15) is 0 Å². The molecule has 6 nitrogen and oxygen atoms in total. The van der Waals surface area contributed by atoms with Gasteiger partial charge in [-0.1, -0.05) is 138 Å². The highest BCUT2D eigenvalue weighted by molar-refractivity contribution is 6.21. The zero-order valence-electron chi connectivity index (χ0n) is 45.1. The number of fused-ring (bicyclic) bond motifs is 15. The van der Waals surface area contributed by atoms with E-state index in [0.717, 1.165) is 151 Å². The Labute approximate surface area is 451 Å². The highest BCUT2D eigenvalue weighted by Gasteiger charge is 2.29. The lowest BCUT2D eigenvalue weighted by molar-refractivity contribution is 0.572. The second-order valence-electron chi connectivity index (χ2n) is 23.5. The summed E-state index contributed by atoms with van der Waals surface area (Å²) >= 11 is 0. The van der Waals surface area contributed by atoms with Crippen molar-refractivity contribution < 1.29 is 17.7 Å². The molecule has 4 heterocycles. The average molecular weight is 1010 g/mol. The lowest BCUT2D eigenvalue weighted by Crippen LogP contribution is -2.20. The Morgan fingerprint density at radius 1 is 0.449 bits per heavy atom. The molecule has 2 aliphatic carbocycles. The van der Waals surface area contributed by atoms with E-state index in [1.165, 1.54) is 28.0 Å². The largest absolute Gasteiger partial charge is 0.454 e. The molecule has 78 heavy (non-hydrogen) atoms. The van der Waals surface area contributed by atoms with E-state index in [-0.39, 0.29) is 10.8 Å². The Kier molecular flexibility index (Phi) is 9.86. The SMILES string of the molecule is CC1=C=C=CC=C1N(c1ccc2cc3c(cc2c1)oc1c3ccc2c3cc4c(cc3oc21)C=C(N(c1ccccc1C)c1cccc2c1oc1c(C(C)(C)C)cccc12)CC4)c1cccc2c1oc1c(C(C)(C)C)cccc12. The summed E-state index contributed by atoms with van der Waals surface area (Å²) in [4.78, 5) is 4.72. The van der Waals surface area contributed by atoms with E-state index in [0.29, 0.717) is 0 Å². The standard InChI is InChI=1S/C72H56N2O4/c1-41-17-9-11-25-59(41)73(61-27-15-21-51-49-19-13-23-57(71(3,4)5)65(49)77-67(51)61)47-31-29-43-37-55-53-33-34-54-56-38-44-30-32-48(36-46(44)40-64(56)76-70(54)69(53)75-63(55)39-45(43)35-47)74(60-26-12-10-18-42(60)2)62-28-16-22-52-50-20-14-24-58(72(6,7)8)66(50)78-68(52)62/h9,11-17,19-28,30,32-40H,29,31H2,1-8H3. The molecule has 0 unspecified atom stereocenters. The van der Waals surface area contributed by atoms with Gasteiger partial charge >= 0.3 is 0 Å². The van der Waals surface area contributed by atoms with Gasteiger partial charge in [-0.05, 0) is 150 Å². The average Bonchev–Trinajstić information content (AvgIpc) is 4.42. The van der Waals surface area contributed by atoms with Crippen molar-refractivity contribution in [2.75, 3.05) is 9.80 Å². The first kappa shape index (κ1) is 46.1. The predicted molar refractivity (Wildman–Crippen MR) is 324 cm³/mol. The summed E-state index contributed by atoms with van der Waals surface area (Å²) in [5, 5.41) is 10.8. The van der Waals surface area contributed by atoms with Crippen LogP contribution in [0, 0.1) is 6.92 Å². The normalized spacial score (nSPS) is 14.0. The summed E-state index contributed by atoms with van der Waals surface area (Å²) < 4.78 is 27.8. The van der Waals surface area contributed by atoms with Crippen LogP contribution in [0.2, 0.25) is 0 Å². The first-order valence-corrected chi connectivity index (χ1v) is 27.2. The minimum Gasteiger partial charge on any atom is -0.454 e. The van der Waals surface area contributed by atoms with E-state index < -0.39 is 0 Å². The molecule has 0 atom stereocenters. The number of nitrogens with zero attached hydrogens (tertiary/aromatic N) is 2. The minimum atomic E-state index is -0.0930. The van der Waals surface area contributed by atoms with Crippen LogP contribution in [0.5, 0.6) is 0 Å². The molecule has 0 radical (unpaired) electrons. The van der Waals surface area contributed by atoms with Crippen molar-refractivity contribution in [2.24, 2.45) is 0 Å². The molecule has 2 aliphatic rings. The van der Waals surface area contributed by atoms with Crippen molar-refractivity contribution in [2.45, 2.75) is 79.1 Å². The number of aryl methyl sites for hydroxylation is 2. The van der Waals surface area contributed by atoms with Gasteiger partial charge in [0.1, 0.15) is 22.3 Å². The van der Waals surface area contributed by atoms with Crippen LogP contribution < -0.4 is 9.80 Å². The minimum absolute atomic E-state index is 0.0766. The molecule has 6 heteroatoms. The second kappa shape index (κ2) is 16.7. The number of anilines is 4. The Morgan fingerprint density at radius 3 is 1.64 bits per heavy atom. The lowest BCUT2D eigenvalue weighted by atomic mass is 9.86. The fourth-order valence-corrected chi connectivity index (χ4v) is 12.6. The van der Waals surface area contributed by atoms with Gasteiger partial charge < -0.3 is 27.5 Å². The summed E-state index contributed by atoms with van der Waals surface area (Å²) in [5.74, 6) is 0. The van der Waals surface area contributed by atoms with Crippen LogP contribution in [0.25, 0.3) is 105 Å². The van der Waals surface area contributed by atoms with Crippen LogP contribution >= 0.6 is 0 Å². The zero-order valence-corrected chi connectivity index (χ0v) is 45.1. The number of para-hydroxylation sites is 5. The number of hydrogen-bond donors (Lipinski definition) is 0. The van der Waals surface area contributed by atoms with Crippen LogP contribution in [0.1, 0.15) is 82.7 Å². The lowest BCUT2D eigenvalue weighted by Gasteiger charge is -2.31. The zero-order chi connectivity index (χ0) is 52.9. The molecule has 0 fully saturated rings. The third kappa shape index (κ3) is 6.97. The Morgan fingerprint density at radius 2 is 1.01 bits per heavy atom. The van der Waals surface area contributed by atoms with Gasteiger partial charge in [0, 0.05) is 76.9 Å². The summed E-state index contributed by atoms with van der Waals surface area (Å²) in [6.07, 6.45) is 8.12. The summed E-state index contributed by atoms with van der Waals surface area (Å²) in [6.45, 7) is 17.8. The van der Waals surface area contributed by atoms with E-state index in [1.54, 1.807) is 0 Å². The molecule has 0 saturated heterocycles. The monoisotopic (exact) mass is 1010 g/mol. The van der Waals surface area contributed by atoms with Crippen molar-refractivity contribution in [3.63, 3.8) is 0 Å². The first-order chi connectivity index (χ1) is 37.7. The van der Waals surface area contributed by atoms with E-state index in [1.807, 2.05) is 6.08 Å². The van der Waals surface area contributed by atoms with Crippen LogP contribution in [0.15, 0.2) is 210 Å².